The van der Waals surface area contributed by atoms with Crippen LogP contribution in [-0.2, 0) is 6.42 Å². The zero-order chi connectivity index (χ0) is 11.8. The lowest BCUT2D eigenvalue weighted by atomic mass is 10.0. The van der Waals surface area contributed by atoms with Crippen LogP contribution in [0, 0.1) is 11.3 Å². The summed E-state index contributed by atoms with van der Waals surface area (Å²) in [7, 11) is 0. The van der Waals surface area contributed by atoms with Gasteiger partial charge in [0, 0.05) is 12.3 Å². The molecule has 0 amide bonds. The fourth-order valence-electron chi connectivity index (χ4n) is 1.26. The lowest BCUT2D eigenvalue weighted by molar-refractivity contribution is 1.11. The third-order valence-electron chi connectivity index (χ3n) is 2.03. The molecule has 0 fully saturated rings. The molecule has 82 valence electrons. The topological polar surface area (TPSA) is 62.2 Å². The van der Waals surface area contributed by atoms with Crippen LogP contribution < -0.4 is 5.73 Å². The minimum absolute atomic E-state index is 0.513. The molecule has 16 heavy (non-hydrogen) atoms. The molecule has 0 saturated carbocycles. The van der Waals surface area contributed by atoms with Crippen molar-refractivity contribution in [3.8, 4) is 6.07 Å². The molecule has 1 aromatic rings. The zero-order valence-electron chi connectivity index (χ0n) is 8.89. The minimum atomic E-state index is 0.513. The third kappa shape index (κ3) is 3.54. The SMILES string of the molecule is C=N/C(=C\SCN)Cc1ccccc1C#N. The van der Waals surface area contributed by atoms with Crippen molar-refractivity contribution in [2.24, 2.45) is 10.7 Å². The Kier molecular flexibility index (Phi) is 5.34. The molecular formula is C12H13N3S. The van der Waals surface area contributed by atoms with Crippen molar-refractivity contribution in [1.29, 1.82) is 5.26 Å². The average Bonchev–Trinajstić information content (AvgIpc) is 2.34. The molecule has 1 aromatic carbocycles. The fraction of sp³-hybridized carbons (Fsp3) is 0.167. The van der Waals surface area contributed by atoms with Gasteiger partial charge < -0.3 is 5.73 Å². The lowest BCUT2D eigenvalue weighted by Gasteiger charge is -2.03. The van der Waals surface area contributed by atoms with E-state index in [-0.39, 0.29) is 0 Å². The van der Waals surface area contributed by atoms with Crippen LogP contribution in [0.25, 0.3) is 0 Å². The van der Waals surface area contributed by atoms with Gasteiger partial charge in [-0.25, -0.2) is 0 Å². The van der Waals surface area contributed by atoms with E-state index in [1.165, 1.54) is 11.8 Å². The highest BCUT2D eigenvalue weighted by molar-refractivity contribution is 8.02. The van der Waals surface area contributed by atoms with E-state index in [9.17, 15) is 0 Å². The Morgan fingerprint density at radius 1 is 1.56 bits per heavy atom. The average molecular weight is 231 g/mol. The molecule has 0 saturated heterocycles. The maximum Gasteiger partial charge on any atom is 0.0994 e. The third-order valence-corrected chi connectivity index (χ3v) is 2.66. The van der Waals surface area contributed by atoms with Gasteiger partial charge in [0.15, 0.2) is 0 Å². The van der Waals surface area contributed by atoms with E-state index in [4.69, 9.17) is 11.0 Å². The Morgan fingerprint density at radius 2 is 2.31 bits per heavy atom. The maximum absolute atomic E-state index is 8.94. The molecule has 0 aromatic heterocycles. The molecule has 0 unspecified atom stereocenters. The normalized spacial score (nSPS) is 10.9. The van der Waals surface area contributed by atoms with Gasteiger partial charge >= 0.3 is 0 Å². The smallest absolute Gasteiger partial charge is 0.0994 e. The van der Waals surface area contributed by atoms with E-state index < -0.39 is 0 Å². The number of nitrogens with two attached hydrogens (primary N) is 1. The van der Waals surface area contributed by atoms with Crippen LogP contribution in [0.2, 0.25) is 0 Å². The summed E-state index contributed by atoms with van der Waals surface area (Å²) < 4.78 is 0. The molecule has 0 aliphatic carbocycles. The summed E-state index contributed by atoms with van der Waals surface area (Å²) in [5.74, 6) is 0.513. The molecule has 0 aliphatic rings. The fourth-order valence-corrected chi connectivity index (χ4v) is 1.70. The maximum atomic E-state index is 8.94. The van der Waals surface area contributed by atoms with Crippen molar-refractivity contribution >= 4 is 18.5 Å². The first-order chi connectivity index (χ1) is 7.81. The molecule has 0 heterocycles. The highest BCUT2D eigenvalue weighted by Gasteiger charge is 2.02. The van der Waals surface area contributed by atoms with Gasteiger partial charge in [-0.1, -0.05) is 18.2 Å². The summed E-state index contributed by atoms with van der Waals surface area (Å²) in [5, 5.41) is 10.8. The van der Waals surface area contributed by atoms with Gasteiger partial charge in [-0.05, 0) is 23.8 Å². The number of rotatable bonds is 5. The lowest BCUT2D eigenvalue weighted by Crippen LogP contribution is -1.93. The van der Waals surface area contributed by atoms with Gasteiger partial charge in [0.05, 0.1) is 17.3 Å². The molecule has 0 atom stereocenters. The summed E-state index contributed by atoms with van der Waals surface area (Å²) in [6.07, 6.45) is 0.611. The molecule has 2 N–H and O–H groups in total. The number of thioether (sulfide) groups is 1. The van der Waals surface area contributed by atoms with Crippen molar-refractivity contribution < 1.29 is 0 Å². The number of benzene rings is 1. The van der Waals surface area contributed by atoms with Crippen LogP contribution in [0.1, 0.15) is 11.1 Å². The van der Waals surface area contributed by atoms with Gasteiger partial charge in [-0.15, -0.1) is 11.8 Å². The van der Waals surface area contributed by atoms with Crippen LogP contribution in [0.15, 0.2) is 40.4 Å². The van der Waals surface area contributed by atoms with Gasteiger partial charge in [-0.2, -0.15) is 5.26 Å². The quantitative estimate of drug-likeness (QED) is 0.624. The van der Waals surface area contributed by atoms with Crippen LogP contribution in [0.3, 0.4) is 0 Å². The second-order valence-corrected chi connectivity index (χ2v) is 3.95. The molecule has 1 rings (SSSR count). The summed E-state index contributed by atoms with van der Waals surface area (Å²) >= 11 is 1.47. The van der Waals surface area contributed by atoms with Gasteiger partial charge in [0.25, 0.3) is 0 Å². The van der Waals surface area contributed by atoms with Gasteiger partial charge in [0.1, 0.15) is 0 Å². The summed E-state index contributed by atoms with van der Waals surface area (Å²) in [6, 6.07) is 9.64. The second-order valence-electron chi connectivity index (χ2n) is 3.05. The van der Waals surface area contributed by atoms with Crippen molar-refractivity contribution in [2.75, 3.05) is 5.88 Å². The highest BCUT2D eigenvalue weighted by Crippen LogP contribution is 2.16. The zero-order valence-corrected chi connectivity index (χ0v) is 9.70. The Morgan fingerprint density at radius 3 is 2.94 bits per heavy atom. The first-order valence-electron chi connectivity index (χ1n) is 4.77. The molecule has 4 heteroatoms. The van der Waals surface area contributed by atoms with E-state index in [0.29, 0.717) is 17.9 Å². The first kappa shape index (κ1) is 12.5. The van der Waals surface area contributed by atoms with E-state index in [1.807, 2.05) is 23.6 Å². The molecule has 0 bridgehead atoms. The Balaban J connectivity index is 2.86. The van der Waals surface area contributed by atoms with Crippen LogP contribution in [-0.4, -0.2) is 12.6 Å². The molecule has 3 nitrogen and oxygen atoms in total. The Labute approximate surface area is 99.7 Å². The number of nitriles is 1. The van der Waals surface area contributed by atoms with E-state index >= 15 is 0 Å². The van der Waals surface area contributed by atoms with E-state index in [0.717, 1.165) is 11.3 Å². The number of aliphatic imine (C=N–C) groups is 1. The molecule has 0 radical (unpaired) electrons. The highest BCUT2D eigenvalue weighted by atomic mass is 32.2. The number of hydrogen-bond acceptors (Lipinski definition) is 4. The number of nitrogens with zero attached hydrogens (tertiary/aromatic N) is 2. The summed E-state index contributed by atoms with van der Waals surface area (Å²) in [5.41, 5.74) is 7.85. The van der Waals surface area contributed by atoms with Gasteiger partial charge in [-0.3, -0.25) is 4.99 Å². The predicted molar refractivity (Wildman–Crippen MR) is 69.1 cm³/mol. The molecule has 0 spiro atoms. The largest absolute Gasteiger partial charge is 0.322 e. The first-order valence-corrected chi connectivity index (χ1v) is 5.82. The summed E-state index contributed by atoms with van der Waals surface area (Å²) in [4.78, 5) is 3.92. The van der Waals surface area contributed by atoms with Gasteiger partial charge in [0.2, 0.25) is 0 Å². The minimum Gasteiger partial charge on any atom is -0.322 e. The predicted octanol–water partition coefficient (Wildman–Crippen LogP) is 2.29. The number of allylic oxidation sites excluding steroid dienone is 1. The van der Waals surface area contributed by atoms with Crippen molar-refractivity contribution in [1.82, 2.24) is 0 Å². The standard InChI is InChI=1S/C12H13N3S/c1-15-12(8-16-9-14)6-10-4-2-3-5-11(10)7-13/h2-5,8H,1,6,9,14H2/b12-8-. The summed E-state index contributed by atoms with van der Waals surface area (Å²) in [6.45, 7) is 3.51. The van der Waals surface area contributed by atoms with Crippen molar-refractivity contribution in [3.63, 3.8) is 0 Å². The van der Waals surface area contributed by atoms with Crippen molar-refractivity contribution in [3.05, 3.63) is 46.5 Å². The van der Waals surface area contributed by atoms with Crippen LogP contribution in [0.4, 0.5) is 0 Å². The van der Waals surface area contributed by atoms with Crippen LogP contribution in [0.5, 0.6) is 0 Å². The second kappa shape index (κ2) is 6.83. The van der Waals surface area contributed by atoms with Crippen LogP contribution >= 0.6 is 11.8 Å². The molecule has 0 aliphatic heterocycles. The van der Waals surface area contributed by atoms with E-state index in [1.54, 1.807) is 6.07 Å². The Bertz CT molecular complexity index is 432. The van der Waals surface area contributed by atoms with Crippen molar-refractivity contribution in [2.45, 2.75) is 6.42 Å². The Hall–Kier alpha value is -1.57. The number of hydrogen-bond donors (Lipinski definition) is 1. The molecular weight excluding hydrogens is 218 g/mol. The van der Waals surface area contributed by atoms with E-state index in [2.05, 4.69) is 17.8 Å². The monoisotopic (exact) mass is 231 g/mol.